The number of hydrogen-bond donors (Lipinski definition) is 4. The SMILES string of the molecule is CC(=O)Nc1ccc(C(=O)NC(=CC(=O)NN)c2ccccc2Cl)cc1. The summed E-state index contributed by atoms with van der Waals surface area (Å²) < 4.78 is 0. The van der Waals surface area contributed by atoms with E-state index in [0.29, 0.717) is 21.8 Å². The number of amides is 3. The minimum absolute atomic E-state index is 0.203. The predicted octanol–water partition coefficient (Wildman–Crippen LogP) is 2.06. The number of benzene rings is 2. The molecular formula is C18H17ClN4O3. The Morgan fingerprint density at radius 1 is 1.04 bits per heavy atom. The van der Waals surface area contributed by atoms with Gasteiger partial charge in [0.2, 0.25) is 5.91 Å². The highest BCUT2D eigenvalue weighted by Crippen LogP contribution is 2.22. The van der Waals surface area contributed by atoms with Crippen molar-refractivity contribution in [2.45, 2.75) is 6.92 Å². The lowest BCUT2D eigenvalue weighted by molar-refractivity contribution is -0.116. The molecule has 0 aromatic heterocycles. The van der Waals surface area contributed by atoms with Crippen molar-refractivity contribution in [3.05, 3.63) is 70.8 Å². The summed E-state index contributed by atoms with van der Waals surface area (Å²) in [7, 11) is 0. The molecular weight excluding hydrogens is 356 g/mol. The van der Waals surface area contributed by atoms with Crippen molar-refractivity contribution in [3.63, 3.8) is 0 Å². The zero-order valence-electron chi connectivity index (χ0n) is 13.9. The second kappa shape index (κ2) is 8.80. The first-order valence-corrected chi connectivity index (χ1v) is 7.94. The Kier molecular flexibility index (Phi) is 6.48. The lowest BCUT2D eigenvalue weighted by atomic mass is 10.1. The first-order valence-electron chi connectivity index (χ1n) is 7.57. The van der Waals surface area contributed by atoms with Crippen LogP contribution in [-0.2, 0) is 9.59 Å². The van der Waals surface area contributed by atoms with Crippen molar-refractivity contribution >= 4 is 40.7 Å². The van der Waals surface area contributed by atoms with Crippen molar-refractivity contribution in [1.29, 1.82) is 0 Å². The molecule has 2 rings (SSSR count). The van der Waals surface area contributed by atoms with Gasteiger partial charge in [-0.2, -0.15) is 0 Å². The molecule has 26 heavy (non-hydrogen) atoms. The van der Waals surface area contributed by atoms with Crippen LogP contribution in [0.15, 0.2) is 54.6 Å². The van der Waals surface area contributed by atoms with E-state index in [1.54, 1.807) is 48.5 Å². The lowest BCUT2D eigenvalue weighted by Gasteiger charge is -2.12. The lowest BCUT2D eigenvalue weighted by Crippen LogP contribution is -2.30. The normalized spacial score (nSPS) is 10.8. The van der Waals surface area contributed by atoms with Gasteiger partial charge in [0.15, 0.2) is 0 Å². The number of halogens is 1. The van der Waals surface area contributed by atoms with Gasteiger partial charge < -0.3 is 10.6 Å². The minimum Gasteiger partial charge on any atom is -0.326 e. The zero-order valence-corrected chi connectivity index (χ0v) is 14.6. The first-order chi connectivity index (χ1) is 12.4. The average Bonchev–Trinajstić information content (AvgIpc) is 2.61. The van der Waals surface area contributed by atoms with Gasteiger partial charge >= 0.3 is 0 Å². The third-order valence-electron chi connectivity index (χ3n) is 3.30. The summed E-state index contributed by atoms with van der Waals surface area (Å²) in [5.41, 5.74) is 3.56. The minimum atomic E-state index is -0.596. The Bertz CT molecular complexity index is 863. The Morgan fingerprint density at radius 2 is 1.69 bits per heavy atom. The number of hydrogen-bond acceptors (Lipinski definition) is 4. The molecule has 134 valence electrons. The Labute approximate surface area is 155 Å². The van der Waals surface area contributed by atoms with Gasteiger partial charge in [0.25, 0.3) is 11.8 Å². The fourth-order valence-corrected chi connectivity index (χ4v) is 2.37. The predicted molar refractivity (Wildman–Crippen MR) is 100.0 cm³/mol. The maximum absolute atomic E-state index is 12.5. The molecule has 0 saturated heterocycles. The highest BCUT2D eigenvalue weighted by molar-refractivity contribution is 6.32. The number of carbonyl (C=O) groups is 3. The molecule has 8 heteroatoms. The molecule has 0 atom stereocenters. The molecule has 0 heterocycles. The van der Waals surface area contributed by atoms with E-state index >= 15 is 0 Å². The Hall–Kier alpha value is -3.16. The van der Waals surface area contributed by atoms with Crippen molar-refractivity contribution in [1.82, 2.24) is 10.7 Å². The second-order valence-corrected chi connectivity index (χ2v) is 5.67. The van der Waals surface area contributed by atoms with Gasteiger partial charge in [-0.15, -0.1) is 0 Å². The number of nitrogens with one attached hydrogen (secondary N) is 3. The van der Waals surface area contributed by atoms with Gasteiger partial charge in [-0.1, -0.05) is 29.8 Å². The van der Waals surface area contributed by atoms with E-state index in [1.165, 1.54) is 6.92 Å². The molecule has 0 fully saturated rings. The molecule has 2 aromatic rings. The van der Waals surface area contributed by atoms with Gasteiger partial charge in [0, 0.05) is 34.8 Å². The Morgan fingerprint density at radius 3 is 2.27 bits per heavy atom. The van der Waals surface area contributed by atoms with Crippen LogP contribution < -0.4 is 21.9 Å². The number of rotatable bonds is 5. The van der Waals surface area contributed by atoms with Gasteiger partial charge in [0.05, 0.1) is 5.70 Å². The smallest absolute Gasteiger partial charge is 0.259 e. The molecule has 0 aliphatic rings. The number of nitrogens with two attached hydrogens (primary N) is 1. The number of hydrazine groups is 1. The summed E-state index contributed by atoms with van der Waals surface area (Å²) in [6, 6.07) is 13.1. The van der Waals surface area contributed by atoms with Gasteiger partial charge in [-0.05, 0) is 30.3 Å². The maximum Gasteiger partial charge on any atom is 0.259 e. The highest BCUT2D eigenvalue weighted by Gasteiger charge is 2.13. The standard InChI is InChI=1S/C18H17ClN4O3/c1-11(24)21-13-8-6-12(7-9-13)18(26)22-16(10-17(25)23-20)14-4-2-3-5-15(14)19/h2-10H,20H2,1H3,(H,21,24)(H,22,26)(H,23,25). The molecule has 0 radical (unpaired) electrons. The maximum atomic E-state index is 12.5. The molecule has 0 spiro atoms. The molecule has 5 N–H and O–H groups in total. The molecule has 3 amide bonds. The summed E-state index contributed by atoms with van der Waals surface area (Å²) in [4.78, 5) is 35.2. The van der Waals surface area contributed by atoms with Crippen LogP contribution in [0, 0.1) is 0 Å². The topological polar surface area (TPSA) is 113 Å². The molecule has 0 aliphatic carbocycles. The Balaban J connectivity index is 2.26. The van der Waals surface area contributed by atoms with E-state index in [2.05, 4.69) is 10.6 Å². The number of carbonyl (C=O) groups excluding carboxylic acids is 3. The molecule has 0 unspecified atom stereocenters. The van der Waals surface area contributed by atoms with Crippen molar-refractivity contribution in [3.8, 4) is 0 Å². The van der Waals surface area contributed by atoms with Crippen molar-refractivity contribution in [2.24, 2.45) is 5.84 Å². The highest BCUT2D eigenvalue weighted by atomic mass is 35.5. The van der Waals surface area contributed by atoms with Gasteiger partial charge in [-0.25, -0.2) is 5.84 Å². The van der Waals surface area contributed by atoms with Crippen LogP contribution in [0.3, 0.4) is 0 Å². The molecule has 2 aromatic carbocycles. The van der Waals surface area contributed by atoms with Gasteiger partial charge in [-0.3, -0.25) is 19.8 Å². The molecule has 0 aliphatic heterocycles. The van der Waals surface area contributed by atoms with E-state index in [-0.39, 0.29) is 11.6 Å². The third-order valence-corrected chi connectivity index (χ3v) is 3.63. The van der Waals surface area contributed by atoms with Crippen LogP contribution in [-0.4, -0.2) is 17.7 Å². The number of anilines is 1. The van der Waals surface area contributed by atoms with Crippen LogP contribution in [0.1, 0.15) is 22.8 Å². The van der Waals surface area contributed by atoms with Crippen molar-refractivity contribution in [2.75, 3.05) is 5.32 Å². The van der Waals surface area contributed by atoms with Crippen LogP contribution in [0.2, 0.25) is 5.02 Å². The summed E-state index contributed by atoms with van der Waals surface area (Å²) in [5.74, 6) is 3.86. The fourth-order valence-electron chi connectivity index (χ4n) is 2.14. The summed E-state index contributed by atoms with van der Waals surface area (Å²) in [6.07, 6.45) is 1.14. The zero-order chi connectivity index (χ0) is 19.1. The van der Waals surface area contributed by atoms with E-state index in [9.17, 15) is 14.4 Å². The van der Waals surface area contributed by atoms with Gasteiger partial charge in [0.1, 0.15) is 0 Å². The molecule has 0 saturated carbocycles. The van der Waals surface area contributed by atoms with Crippen LogP contribution in [0.4, 0.5) is 5.69 Å². The quantitative estimate of drug-likeness (QED) is 0.278. The first kappa shape index (κ1) is 19.2. The van der Waals surface area contributed by atoms with E-state index in [4.69, 9.17) is 17.4 Å². The monoisotopic (exact) mass is 372 g/mol. The molecule has 7 nitrogen and oxygen atoms in total. The van der Waals surface area contributed by atoms with E-state index in [1.807, 2.05) is 5.43 Å². The van der Waals surface area contributed by atoms with Crippen LogP contribution >= 0.6 is 11.6 Å². The van der Waals surface area contributed by atoms with E-state index in [0.717, 1.165) is 6.08 Å². The summed E-state index contributed by atoms with van der Waals surface area (Å²) in [6.45, 7) is 1.39. The summed E-state index contributed by atoms with van der Waals surface area (Å²) in [5, 5.41) is 5.63. The van der Waals surface area contributed by atoms with Crippen LogP contribution in [0.25, 0.3) is 5.70 Å². The third kappa shape index (κ3) is 5.17. The largest absolute Gasteiger partial charge is 0.326 e. The average molecular weight is 373 g/mol. The fraction of sp³-hybridized carbons (Fsp3) is 0.0556. The van der Waals surface area contributed by atoms with E-state index < -0.39 is 11.8 Å². The van der Waals surface area contributed by atoms with Crippen LogP contribution in [0.5, 0.6) is 0 Å². The van der Waals surface area contributed by atoms with Crippen molar-refractivity contribution < 1.29 is 14.4 Å². The molecule has 0 bridgehead atoms. The summed E-state index contributed by atoms with van der Waals surface area (Å²) >= 11 is 6.15. The second-order valence-electron chi connectivity index (χ2n) is 5.26.